The summed E-state index contributed by atoms with van der Waals surface area (Å²) in [5, 5.41) is 8.77. The van der Waals surface area contributed by atoms with Gasteiger partial charge in [-0.1, -0.05) is 0 Å². The second-order valence-electron chi connectivity index (χ2n) is 6.25. The topological polar surface area (TPSA) is 84.0 Å². The maximum atomic E-state index is 12.6. The van der Waals surface area contributed by atoms with Crippen molar-refractivity contribution in [2.45, 2.75) is 13.1 Å². The zero-order valence-corrected chi connectivity index (χ0v) is 20.2. The number of guanidine groups is 1. The van der Waals surface area contributed by atoms with E-state index in [9.17, 15) is 18.0 Å². The second kappa shape index (κ2) is 13.0. The van der Waals surface area contributed by atoms with Gasteiger partial charge in [-0.2, -0.15) is 13.2 Å². The van der Waals surface area contributed by atoms with Crippen LogP contribution in [0.15, 0.2) is 47.5 Å². The first-order chi connectivity index (χ1) is 14.8. The van der Waals surface area contributed by atoms with Crippen LogP contribution < -0.4 is 25.4 Å². The minimum Gasteiger partial charge on any atom is -0.493 e. The Bertz CT molecular complexity index is 906. The van der Waals surface area contributed by atoms with Gasteiger partial charge < -0.3 is 25.4 Å². The van der Waals surface area contributed by atoms with Crippen LogP contribution in [0.3, 0.4) is 0 Å². The maximum Gasteiger partial charge on any atom is 0.416 e. The van der Waals surface area contributed by atoms with E-state index in [0.717, 1.165) is 30.0 Å². The summed E-state index contributed by atoms with van der Waals surface area (Å²) in [6.45, 7) is 2.99. The number of nitrogens with one attached hydrogen (secondary N) is 3. The number of hydrogen-bond acceptors (Lipinski definition) is 4. The van der Waals surface area contributed by atoms with Crippen molar-refractivity contribution < 1.29 is 27.4 Å². The molecule has 0 heterocycles. The van der Waals surface area contributed by atoms with Gasteiger partial charge in [-0.3, -0.25) is 9.79 Å². The number of benzene rings is 2. The molecule has 2 rings (SSSR count). The quantitative estimate of drug-likeness (QED) is 0.194. The molecule has 32 heavy (non-hydrogen) atoms. The molecule has 0 spiro atoms. The molecule has 0 aliphatic carbocycles. The van der Waals surface area contributed by atoms with E-state index < -0.39 is 17.6 Å². The van der Waals surface area contributed by atoms with Gasteiger partial charge in [0.15, 0.2) is 17.5 Å². The molecule has 1 amide bonds. The van der Waals surface area contributed by atoms with E-state index in [0.29, 0.717) is 30.6 Å². The number of methoxy groups -OCH3 is 1. The zero-order chi connectivity index (χ0) is 22.9. The molecule has 0 aliphatic rings. The number of hydrogen-bond donors (Lipinski definition) is 3. The predicted molar refractivity (Wildman–Crippen MR) is 128 cm³/mol. The van der Waals surface area contributed by atoms with Crippen LogP contribution in [0.25, 0.3) is 0 Å². The van der Waals surface area contributed by atoms with Crippen molar-refractivity contribution in [2.24, 2.45) is 4.99 Å². The van der Waals surface area contributed by atoms with E-state index in [1.165, 1.54) is 0 Å². The van der Waals surface area contributed by atoms with Crippen LogP contribution >= 0.6 is 24.0 Å². The third-order valence-electron chi connectivity index (χ3n) is 4.13. The summed E-state index contributed by atoms with van der Waals surface area (Å²) in [6.07, 6.45) is -4.44. The second-order valence-corrected chi connectivity index (χ2v) is 6.25. The molecule has 0 atom stereocenters. The van der Waals surface area contributed by atoms with Gasteiger partial charge in [-0.15, -0.1) is 24.0 Å². The van der Waals surface area contributed by atoms with E-state index in [1.807, 2.05) is 13.0 Å². The molecule has 0 radical (unpaired) electrons. The van der Waals surface area contributed by atoms with Crippen LogP contribution in [-0.2, 0) is 6.18 Å². The number of anilines is 1. The molecule has 0 aliphatic heterocycles. The van der Waals surface area contributed by atoms with Gasteiger partial charge in [0.2, 0.25) is 0 Å². The van der Waals surface area contributed by atoms with E-state index in [2.05, 4.69) is 20.9 Å². The van der Waals surface area contributed by atoms with E-state index >= 15 is 0 Å². The van der Waals surface area contributed by atoms with Gasteiger partial charge in [0, 0.05) is 37.5 Å². The molecule has 0 saturated heterocycles. The molecule has 7 nitrogen and oxygen atoms in total. The highest BCUT2D eigenvalue weighted by Crippen LogP contribution is 2.30. The van der Waals surface area contributed by atoms with Gasteiger partial charge >= 0.3 is 6.18 Å². The van der Waals surface area contributed by atoms with Crippen molar-refractivity contribution >= 4 is 41.5 Å². The molecule has 2 aromatic carbocycles. The fourth-order valence-electron chi connectivity index (χ4n) is 2.61. The van der Waals surface area contributed by atoms with Crippen molar-refractivity contribution in [3.63, 3.8) is 0 Å². The van der Waals surface area contributed by atoms with Crippen LogP contribution in [-0.4, -0.2) is 45.7 Å². The summed E-state index contributed by atoms with van der Waals surface area (Å²) in [5.74, 6) is 1.21. The van der Waals surface area contributed by atoms with Gasteiger partial charge in [-0.05, 0) is 43.3 Å². The Morgan fingerprint density at radius 1 is 1.03 bits per heavy atom. The third-order valence-corrected chi connectivity index (χ3v) is 4.13. The lowest BCUT2D eigenvalue weighted by atomic mass is 10.1. The summed E-state index contributed by atoms with van der Waals surface area (Å²) in [5.41, 5.74) is 0.0747. The zero-order valence-electron chi connectivity index (χ0n) is 17.9. The predicted octanol–water partition coefficient (Wildman–Crippen LogP) is 4.15. The average molecular weight is 566 g/mol. The van der Waals surface area contributed by atoms with Crippen molar-refractivity contribution in [1.82, 2.24) is 10.6 Å². The largest absolute Gasteiger partial charge is 0.493 e. The van der Waals surface area contributed by atoms with E-state index in [1.54, 1.807) is 26.3 Å². The summed E-state index contributed by atoms with van der Waals surface area (Å²) in [4.78, 5) is 16.2. The summed E-state index contributed by atoms with van der Waals surface area (Å²) >= 11 is 0. The lowest BCUT2D eigenvalue weighted by molar-refractivity contribution is -0.137. The first-order valence-electron chi connectivity index (χ1n) is 9.52. The maximum absolute atomic E-state index is 12.6. The number of alkyl halides is 3. The molecule has 0 unspecified atom stereocenters. The SMILES string of the molecule is CCOc1ccc(NC(=NC)NCCNC(=O)c2ccc(C(F)(F)F)cc2)cc1OC.I. The minimum absolute atomic E-state index is 0. The van der Waals surface area contributed by atoms with Crippen LogP contribution in [0, 0.1) is 0 Å². The lowest BCUT2D eigenvalue weighted by Gasteiger charge is -2.15. The number of rotatable bonds is 8. The molecule has 0 saturated carbocycles. The highest BCUT2D eigenvalue weighted by atomic mass is 127. The van der Waals surface area contributed by atoms with Crippen LogP contribution in [0.1, 0.15) is 22.8 Å². The number of carbonyl (C=O) groups is 1. The van der Waals surface area contributed by atoms with Gasteiger partial charge in [-0.25, -0.2) is 0 Å². The molecule has 0 bridgehead atoms. The number of amides is 1. The van der Waals surface area contributed by atoms with Crippen molar-refractivity contribution in [3.05, 3.63) is 53.6 Å². The van der Waals surface area contributed by atoms with E-state index in [-0.39, 0.29) is 36.1 Å². The molecule has 3 N–H and O–H groups in total. The van der Waals surface area contributed by atoms with Gasteiger partial charge in [0.25, 0.3) is 5.91 Å². The molecule has 0 fully saturated rings. The fraction of sp³-hybridized carbons (Fsp3) is 0.333. The van der Waals surface area contributed by atoms with Crippen LogP contribution in [0.2, 0.25) is 0 Å². The van der Waals surface area contributed by atoms with Crippen LogP contribution in [0.5, 0.6) is 11.5 Å². The lowest BCUT2D eigenvalue weighted by Crippen LogP contribution is -2.37. The Morgan fingerprint density at radius 3 is 2.25 bits per heavy atom. The smallest absolute Gasteiger partial charge is 0.416 e. The van der Waals surface area contributed by atoms with Crippen LogP contribution in [0.4, 0.5) is 18.9 Å². The molecular formula is C21H26F3IN4O3. The Labute approximate surface area is 201 Å². The monoisotopic (exact) mass is 566 g/mol. The van der Waals surface area contributed by atoms with Crippen molar-refractivity contribution in [3.8, 4) is 11.5 Å². The molecule has 176 valence electrons. The minimum atomic E-state index is -4.44. The summed E-state index contributed by atoms with van der Waals surface area (Å²) in [6, 6.07) is 9.41. The van der Waals surface area contributed by atoms with E-state index in [4.69, 9.17) is 9.47 Å². The van der Waals surface area contributed by atoms with Crippen molar-refractivity contribution in [2.75, 3.05) is 39.2 Å². The number of carbonyl (C=O) groups excluding carboxylic acids is 1. The third kappa shape index (κ3) is 8.09. The Balaban J connectivity index is 0.00000512. The highest BCUT2D eigenvalue weighted by Gasteiger charge is 2.30. The normalized spacial score (nSPS) is 11.2. The molecular weight excluding hydrogens is 540 g/mol. The highest BCUT2D eigenvalue weighted by molar-refractivity contribution is 14.0. The first kappa shape index (κ1) is 27.3. The number of nitrogens with zero attached hydrogens (tertiary/aromatic N) is 1. The Hall–Kier alpha value is -2.70. The Morgan fingerprint density at radius 2 is 1.69 bits per heavy atom. The first-order valence-corrected chi connectivity index (χ1v) is 9.52. The number of halogens is 4. The van der Waals surface area contributed by atoms with Crippen molar-refractivity contribution in [1.29, 1.82) is 0 Å². The average Bonchev–Trinajstić information content (AvgIpc) is 2.76. The summed E-state index contributed by atoms with van der Waals surface area (Å²) < 4.78 is 48.6. The Kier molecular flexibility index (Phi) is 11.1. The van der Waals surface area contributed by atoms with Gasteiger partial charge in [0.05, 0.1) is 19.3 Å². The standard InChI is InChI=1S/C21H25F3N4O3.HI/c1-4-31-17-10-9-16(13-18(17)30-3)28-20(25-2)27-12-11-26-19(29)14-5-7-15(8-6-14)21(22,23)24;/h5-10,13H,4,11-12H2,1-3H3,(H,26,29)(H2,25,27,28);1H. The van der Waals surface area contributed by atoms with Gasteiger partial charge in [0.1, 0.15) is 0 Å². The molecule has 11 heteroatoms. The fourth-order valence-corrected chi connectivity index (χ4v) is 2.61. The molecule has 0 aromatic heterocycles. The molecule has 2 aromatic rings. The number of ether oxygens (including phenoxy) is 2. The summed E-state index contributed by atoms with van der Waals surface area (Å²) in [7, 11) is 3.15. The number of aliphatic imine (C=N–C) groups is 1.